The zero-order valence-electron chi connectivity index (χ0n) is 25.1. The molecule has 9 nitrogen and oxygen atoms in total. The number of nitrogens with one attached hydrogen (secondary N) is 3. The number of likely N-dealkylation sites (tertiary alicyclic amines) is 1. The first-order chi connectivity index (χ1) is 20.9. The van der Waals surface area contributed by atoms with Crippen molar-refractivity contribution in [3.8, 4) is 0 Å². The molecule has 0 bridgehead atoms. The van der Waals surface area contributed by atoms with E-state index in [1.165, 1.54) is 0 Å². The van der Waals surface area contributed by atoms with E-state index in [9.17, 15) is 14.4 Å². The summed E-state index contributed by atoms with van der Waals surface area (Å²) in [5.41, 5.74) is 2.68. The normalized spacial score (nSPS) is 23.4. The minimum Gasteiger partial charge on any atom is -0.372 e. The third-order valence-corrected chi connectivity index (χ3v) is 8.85. The van der Waals surface area contributed by atoms with Gasteiger partial charge in [-0.3, -0.25) is 19.4 Å². The molecule has 3 aliphatic rings. The van der Waals surface area contributed by atoms with Gasteiger partial charge in [-0.1, -0.05) is 79.9 Å². The van der Waals surface area contributed by atoms with Crippen LogP contribution in [0.1, 0.15) is 62.6 Å². The Kier molecular flexibility index (Phi) is 10.4. The lowest BCUT2D eigenvalue weighted by atomic mass is 9.83. The molecular formula is C34H43N5O4. The fraction of sp³-hybridized carbons (Fsp3) is 0.471. The molecule has 1 unspecified atom stereocenters. The van der Waals surface area contributed by atoms with Gasteiger partial charge in [0.1, 0.15) is 18.1 Å². The van der Waals surface area contributed by atoms with E-state index in [1.54, 1.807) is 25.1 Å². The van der Waals surface area contributed by atoms with Gasteiger partial charge in [0, 0.05) is 24.9 Å². The van der Waals surface area contributed by atoms with Crippen molar-refractivity contribution < 1.29 is 19.1 Å². The quantitative estimate of drug-likeness (QED) is 0.373. The smallest absolute Gasteiger partial charge is 0.247 e. The average molecular weight is 586 g/mol. The van der Waals surface area contributed by atoms with E-state index in [2.05, 4.69) is 20.9 Å². The molecule has 2 aromatic rings. The van der Waals surface area contributed by atoms with Crippen molar-refractivity contribution in [1.29, 1.82) is 0 Å². The molecule has 5 atom stereocenters. The van der Waals surface area contributed by atoms with E-state index >= 15 is 0 Å². The summed E-state index contributed by atoms with van der Waals surface area (Å²) in [5, 5.41) is 9.10. The number of hydrogen-bond acceptors (Lipinski definition) is 6. The highest BCUT2D eigenvalue weighted by molar-refractivity contribution is 5.94. The van der Waals surface area contributed by atoms with Crippen LogP contribution in [-0.2, 0) is 25.7 Å². The molecule has 1 saturated heterocycles. The van der Waals surface area contributed by atoms with Gasteiger partial charge in [-0.2, -0.15) is 0 Å². The molecule has 2 heterocycles. The number of likely N-dealkylation sites (N-methyl/N-ethyl adjacent to an activating group) is 1. The zero-order chi connectivity index (χ0) is 30.2. The van der Waals surface area contributed by atoms with E-state index in [-0.39, 0.29) is 42.3 Å². The Hall–Kier alpha value is -3.82. The predicted octanol–water partition coefficient (Wildman–Crippen LogP) is 3.67. The molecule has 3 N–H and O–H groups in total. The Labute approximate surface area is 254 Å². The molecular weight excluding hydrogens is 542 g/mol. The molecule has 3 amide bonds. The number of allylic oxidation sites excluding steroid dienone is 1. The second kappa shape index (κ2) is 14.6. The Bertz CT molecular complexity index is 1310. The average Bonchev–Trinajstić information content (AvgIpc) is 3.70. The lowest BCUT2D eigenvalue weighted by Gasteiger charge is -2.35. The van der Waals surface area contributed by atoms with Crippen LogP contribution < -0.4 is 16.0 Å². The lowest BCUT2D eigenvalue weighted by Crippen LogP contribution is -2.58. The van der Waals surface area contributed by atoms with Gasteiger partial charge in [0.15, 0.2) is 0 Å². The summed E-state index contributed by atoms with van der Waals surface area (Å²) >= 11 is 0. The Morgan fingerprint density at radius 2 is 1.70 bits per heavy atom. The van der Waals surface area contributed by atoms with Crippen molar-refractivity contribution in [2.75, 3.05) is 13.6 Å². The molecule has 1 aliphatic carbocycles. The topological polar surface area (TPSA) is 112 Å². The summed E-state index contributed by atoms with van der Waals surface area (Å²) in [6, 6.07) is 17.5. The molecule has 9 heteroatoms. The number of benzene rings is 2. The van der Waals surface area contributed by atoms with Crippen LogP contribution in [-0.4, -0.2) is 66.7 Å². The summed E-state index contributed by atoms with van der Waals surface area (Å²) in [6.45, 7) is 2.44. The summed E-state index contributed by atoms with van der Waals surface area (Å²) < 4.78 is 6.26. The van der Waals surface area contributed by atoms with E-state index in [1.807, 2.05) is 66.7 Å². The maximum absolute atomic E-state index is 14.4. The molecule has 0 aromatic heterocycles. The number of amides is 3. The van der Waals surface area contributed by atoms with Crippen LogP contribution in [0.4, 0.5) is 0 Å². The minimum absolute atomic E-state index is 0.0238. The number of ether oxygens (including phenoxy) is 1. The van der Waals surface area contributed by atoms with Gasteiger partial charge in [-0.05, 0) is 49.9 Å². The van der Waals surface area contributed by atoms with Crippen molar-refractivity contribution in [3.63, 3.8) is 0 Å². The Morgan fingerprint density at radius 3 is 2.40 bits per heavy atom. The van der Waals surface area contributed by atoms with Gasteiger partial charge >= 0.3 is 0 Å². The fourth-order valence-electron chi connectivity index (χ4n) is 6.25. The van der Waals surface area contributed by atoms with Crippen LogP contribution in [0.2, 0.25) is 0 Å². The summed E-state index contributed by atoms with van der Waals surface area (Å²) in [6.07, 6.45) is 8.46. The second-order valence-electron chi connectivity index (χ2n) is 11.8. The van der Waals surface area contributed by atoms with Gasteiger partial charge < -0.3 is 25.6 Å². The van der Waals surface area contributed by atoms with Crippen molar-refractivity contribution in [2.45, 2.75) is 82.3 Å². The maximum Gasteiger partial charge on any atom is 0.247 e. The first-order valence-electron chi connectivity index (χ1n) is 15.5. The van der Waals surface area contributed by atoms with Gasteiger partial charge in [-0.15, -0.1) is 0 Å². The van der Waals surface area contributed by atoms with Crippen molar-refractivity contribution >= 4 is 23.9 Å². The van der Waals surface area contributed by atoms with Crippen LogP contribution in [0.25, 0.3) is 0 Å². The van der Waals surface area contributed by atoms with Gasteiger partial charge in [-0.25, -0.2) is 0 Å². The number of nitrogens with zero attached hydrogens (tertiary/aromatic N) is 2. The monoisotopic (exact) mass is 585 g/mol. The van der Waals surface area contributed by atoms with E-state index in [4.69, 9.17) is 4.74 Å². The van der Waals surface area contributed by atoms with Gasteiger partial charge in [0.2, 0.25) is 17.7 Å². The number of rotatable bonds is 11. The number of carbonyl (C=O) groups excluding carboxylic acids is 3. The van der Waals surface area contributed by atoms with Crippen molar-refractivity contribution in [3.05, 3.63) is 83.6 Å². The van der Waals surface area contributed by atoms with Gasteiger partial charge in [0.05, 0.1) is 18.8 Å². The Balaban J connectivity index is 1.36. The fourth-order valence-corrected chi connectivity index (χ4v) is 6.25. The molecule has 43 heavy (non-hydrogen) atoms. The maximum atomic E-state index is 14.4. The summed E-state index contributed by atoms with van der Waals surface area (Å²) in [7, 11) is 1.72. The molecule has 2 aliphatic heterocycles. The van der Waals surface area contributed by atoms with Crippen LogP contribution >= 0.6 is 0 Å². The largest absolute Gasteiger partial charge is 0.372 e. The third-order valence-electron chi connectivity index (χ3n) is 8.85. The van der Waals surface area contributed by atoms with E-state index in [0.717, 1.165) is 43.2 Å². The van der Waals surface area contributed by atoms with Crippen LogP contribution in [0.15, 0.2) is 77.4 Å². The third kappa shape index (κ3) is 7.58. The number of aliphatic imine (C=N–C) groups is 1. The molecule has 1 saturated carbocycles. The van der Waals surface area contributed by atoms with Crippen molar-refractivity contribution in [2.24, 2.45) is 10.9 Å². The molecule has 0 radical (unpaired) electrons. The highest BCUT2D eigenvalue weighted by atomic mass is 16.5. The van der Waals surface area contributed by atoms with Crippen LogP contribution in [0.5, 0.6) is 0 Å². The minimum atomic E-state index is -0.740. The standard InChI is InChI=1S/C34H43N5O4/c1-23(35-2)32(40)38-31(26-16-10-5-11-17-26)34(42)39-21-27(43-22-24-12-6-3-7-13-24)20-29(39)33(41)37-28-18-19-36-30(28)25-14-8-4-9-15-25/h3-4,6-9,12-15,18-19,23,26-27,29-31,35H,5,10-11,16-17,20-22H2,1-2H3,(H,37,41)(H,38,40)/t23-,27-,29-,30?,31-/m0/s1. The number of carbonyl (C=O) groups is 3. The molecule has 5 rings (SSSR count). The number of hydrogen-bond donors (Lipinski definition) is 3. The second-order valence-corrected chi connectivity index (χ2v) is 11.8. The molecule has 2 fully saturated rings. The molecule has 228 valence electrons. The highest BCUT2D eigenvalue weighted by Gasteiger charge is 2.45. The summed E-state index contributed by atoms with van der Waals surface area (Å²) in [4.78, 5) is 47.5. The Morgan fingerprint density at radius 1 is 1.00 bits per heavy atom. The summed E-state index contributed by atoms with van der Waals surface area (Å²) in [5.74, 6) is -0.682. The zero-order valence-corrected chi connectivity index (χ0v) is 25.1. The SMILES string of the molecule is CN[C@@H](C)C(=O)N[C@H](C(=O)N1C[C@@H](OCc2ccccc2)C[C@H]1C(=O)NC1=CC=NC1c1ccccc1)C1CCCCC1. The predicted molar refractivity (Wildman–Crippen MR) is 166 cm³/mol. The lowest BCUT2D eigenvalue weighted by molar-refractivity contribution is -0.143. The van der Waals surface area contributed by atoms with E-state index < -0.39 is 18.1 Å². The van der Waals surface area contributed by atoms with Gasteiger partial charge in [0.25, 0.3) is 0 Å². The van der Waals surface area contributed by atoms with Crippen molar-refractivity contribution in [1.82, 2.24) is 20.9 Å². The highest BCUT2D eigenvalue weighted by Crippen LogP contribution is 2.32. The van der Waals surface area contributed by atoms with E-state index in [0.29, 0.717) is 18.7 Å². The van der Waals surface area contributed by atoms with Crippen LogP contribution in [0, 0.1) is 5.92 Å². The van der Waals surface area contributed by atoms with Crippen LogP contribution in [0.3, 0.4) is 0 Å². The first-order valence-corrected chi connectivity index (χ1v) is 15.5. The molecule has 2 aromatic carbocycles. The molecule has 0 spiro atoms. The first kappa shape index (κ1) is 30.6.